The van der Waals surface area contributed by atoms with Crippen LogP contribution in [0.25, 0.3) is 0 Å². The van der Waals surface area contributed by atoms with Crippen LogP contribution < -0.4 is 5.32 Å². The summed E-state index contributed by atoms with van der Waals surface area (Å²) in [5, 5.41) is 3.79. The quantitative estimate of drug-likeness (QED) is 0.789. The molecule has 2 heteroatoms. The Hall–Kier alpha value is -0.0800. The number of nitrogens with zero attached hydrogens (tertiary/aromatic N) is 1. The molecule has 0 aromatic carbocycles. The first-order valence-electron chi connectivity index (χ1n) is 9.12. The average molecular weight is 281 g/mol. The van der Waals surface area contributed by atoms with Gasteiger partial charge in [-0.2, -0.15) is 0 Å². The molecule has 2 aliphatic carbocycles. The number of rotatable bonds is 6. The summed E-state index contributed by atoms with van der Waals surface area (Å²) in [5.41, 5.74) is 0. The first-order valence-corrected chi connectivity index (χ1v) is 9.12. The van der Waals surface area contributed by atoms with Gasteiger partial charge in [0.15, 0.2) is 0 Å². The number of hydrogen-bond donors (Lipinski definition) is 1. The zero-order chi connectivity index (χ0) is 14.4. The molecule has 0 unspecified atom stereocenters. The van der Waals surface area contributed by atoms with Crippen LogP contribution in [0.3, 0.4) is 0 Å². The van der Waals surface area contributed by atoms with Crippen molar-refractivity contribution in [2.75, 3.05) is 20.1 Å². The lowest BCUT2D eigenvalue weighted by atomic mass is 9.84. The summed E-state index contributed by atoms with van der Waals surface area (Å²) in [7, 11) is 2.33. The van der Waals surface area contributed by atoms with Gasteiger partial charge in [-0.05, 0) is 70.3 Å². The molecule has 118 valence electrons. The van der Waals surface area contributed by atoms with Crippen LogP contribution in [-0.2, 0) is 0 Å². The number of likely N-dealkylation sites (N-methyl/N-ethyl adjacent to an activating group) is 1. The average Bonchev–Trinajstić information content (AvgIpc) is 2.49. The maximum atomic E-state index is 3.79. The molecule has 2 saturated carbocycles. The normalized spacial score (nSPS) is 35.4. The van der Waals surface area contributed by atoms with Gasteiger partial charge in [0, 0.05) is 25.2 Å². The molecule has 0 bridgehead atoms. The van der Waals surface area contributed by atoms with Gasteiger partial charge in [0.2, 0.25) is 0 Å². The molecule has 0 atom stereocenters. The minimum atomic E-state index is 0.801. The molecule has 0 aromatic rings. The van der Waals surface area contributed by atoms with Crippen molar-refractivity contribution >= 4 is 0 Å². The third kappa shape index (κ3) is 5.04. The highest BCUT2D eigenvalue weighted by atomic mass is 15.1. The third-order valence-corrected chi connectivity index (χ3v) is 5.93. The van der Waals surface area contributed by atoms with Crippen molar-refractivity contribution in [3.63, 3.8) is 0 Å². The van der Waals surface area contributed by atoms with E-state index < -0.39 is 0 Å². The van der Waals surface area contributed by atoms with E-state index in [4.69, 9.17) is 0 Å². The lowest BCUT2D eigenvalue weighted by molar-refractivity contribution is 0.161. The largest absolute Gasteiger partial charge is 0.313 e. The van der Waals surface area contributed by atoms with Crippen LogP contribution in [0.1, 0.15) is 71.6 Å². The van der Waals surface area contributed by atoms with Crippen molar-refractivity contribution in [2.45, 2.75) is 83.7 Å². The van der Waals surface area contributed by atoms with E-state index in [1.54, 1.807) is 0 Å². The van der Waals surface area contributed by atoms with Gasteiger partial charge < -0.3 is 10.2 Å². The van der Waals surface area contributed by atoms with Gasteiger partial charge in [0.1, 0.15) is 0 Å². The second-order valence-electron chi connectivity index (χ2n) is 7.47. The molecule has 20 heavy (non-hydrogen) atoms. The van der Waals surface area contributed by atoms with E-state index in [1.807, 2.05) is 0 Å². The van der Waals surface area contributed by atoms with Crippen molar-refractivity contribution in [2.24, 2.45) is 11.8 Å². The van der Waals surface area contributed by atoms with Gasteiger partial charge in [-0.1, -0.05) is 20.3 Å². The Bertz CT molecular complexity index is 250. The highest BCUT2D eigenvalue weighted by Crippen LogP contribution is 2.28. The molecule has 2 fully saturated rings. The molecule has 0 aliphatic heterocycles. The maximum absolute atomic E-state index is 3.79. The summed E-state index contributed by atoms with van der Waals surface area (Å²) in [4.78, 5) is 2.62. The van der Waals surface area contributed by atoms with Crippen LogP contribution in [0.4, 0.5) is 0 Å². The minimum absolute atomic E-state index is 0.801. The van der Waals surface area contributed by atoms with Crippen LogP contribution >= 0.6 is 0 Å². The lowest BCUT2D eigenvalue weighted by Crippen LogP contribution is -2.42. The third-order valence-electron chi connectivity index (χ3n) is 5.93. The molecule has 2 rings (SSSR count). The van der Waals surface area contributed by atoms with Gasteiger partial charge in [-0.3, -0.25) is 0 Å². The molecular weight excluding hydrogens is 244 g/mol. The van der Waals surface area contributed by atoms with Crippen molar-refractivity contribution in [3.05, 3.63) is 0 Å². The Morgan fingerprint density at radius 3 is 2.20 bits per heavy atom. The molecular formula is C18H36N2. The monoisotopic (exact) mass is 280 g/mol. The predicted molar refractivity (Wildman–Crippen MR) is 88.1 cm³/mol. The Labute approximate surface area is 126 Å². The topological polar surface area (TPSA) is 15.3 Å². The fourth-order valence-electron chi connectivity index (χ4n) is 4.09. The zero-order valence-corrected chi connectivity index (χ0v) is 14.0. The predicted octanol–water partition coefficient (Wildman–Crippen LogP) is 4.06. The summed E-state index contributed by atoms with van der Waals surface area (Å²) in [6.07, 6.45) is 12.8. The molecule has 0 radical (unpaired) electrons. The van der Waals surface area contributed by atoms with E-state index in [0.29, 0.717) is 0 Å². The summed E-state index contributed by atoms with van der Waals surface area (Å²) in [6.45, 7) is 7.16. The van der Waals surface area contributed by atoms with E-state index in [0.717, 1.165) is 23.9 Å². The second kappa shape index (κ2) is 8.38. The molecule has 0 saturated heterocycles. The van der Waals surface area contributed by atoms with Crippen molar-refractivity contribution in [1.29, 1.82) is 0 Å². The van der Waals surface area contributed by atoms with Crippen molar-refractivity contribution in [3.8, 4) is 0 Å². The van der Waals surface area contributed by atoms with Crippen LogP contribution in [0.5, 0.6) is 0 Å². The number of hydrogen-bond acceptors (Lipinski definition) is 2. The van der Waals surface area contributed by atoms with E-state index in [1.165, 1.54) is 70.9 Å². The Morgan fingerprint density at radius 1 is 0.950 bits per heavy atom. The molecule has 0 aromatic heterocycles. The summed E-state index contributed by atoms with van der Waals surface area (Å²) in [6, 6.07) is 1.65. The summed E-state index contributed by atoms with van der Waals surface area (Å²) >= 11 is 0. The Kier molecular flexibility index (Phi) is 6.83. The van der Waals surface area contributed by atoms with Crippen LogP contribution in [0.15, 0.2) is 0 Å². The SMILES string of the molecule is CCC1CCC(N(C)CCNC2CCC(C)CC2)CC1. The first-order chi connectivity index (χ1) is 9.69. The fraction of sp³-hybridized carbons (Fsp3) is 1.00. The summed E-state index contributed by atoms with van der Waals surface area (Å²) in [5.74, 6) is 1.98. The van der Waals surface area contributed by atoms with Crippen LogP contribution in [0, 0.1) is 11.8 Å². The smallest absolute Gasteiger partial charge is 0.0107 e. The molecule has 0 heterocycles. The number of nitrogens with one attached hydrogen (secondary N) is 1. The van der Waals surface area contributed by atoms with Gasteiger partial charge >= 0.3 is 0 Å². The second-order valence-corrected chi connectivity index (χ2v) is 7.47. The van der Waals surface area contributed by atoms with E-state index in [2.05, 4.69) is 31.1 Å². The lowest BCUT2D eigenvalue weighted by Gasteiger charge is -2.35. The van der Waals surface area contributed by atoms with Crippen LogP contribution in [-0.4, -0.2) is 37.1 Å². The van der Waals surface area contributed by atoms with Crippen molar-refractivity contribution in [1.82, 2.24) is 10.2 Å². The van der Waals surface area contributed by atoms with Crippen molar-refractivity contribution < 1.29 is 0 Å². The van der Waals surface area contributed by atoms with Gasteiger partial charge in [0.05, 0.1) is 0 Å². The van der Waals surface area contributed by atoms with Gasteiger partial charge in [-0.25, -0.2) is 0 Å². The molecule has 2 nitrogen and oxygen atoms in total. The first kappa shape index (κ1) is 16.3. The van der Waals surface area contributed by atoms with Gasteiger partial charge in [-0.15, -0.1) is 0 Å². The van der Waals surface area contributed by atoms with E-state index >= 15 is 0 Å². The molecule has 0 amide bonds. The highest BCUT2D eigenvalue weighted by Gasteiger charge is 2.23. The zero-order valence-electron chi connectivity index (χ0n) is 14.0. The van der Waals surface area contributed by atoms with Gasteiger partial charge in [0.25, 0.3) is 0 Å². The van der Waals surface area contributed by atoms with Crippen LogP contribution in [0.2, 0.25) is 0 Å². The molecule has 2 aliphatic rings. The minimum Gasteiger partial charge on any atom is -0.313 e. The Morgan fingerprint density at radius 2 is 1.60 bits per heavy atom. The fourth-order valence-corrected chi connectivity index (χ4v) is 4.09. The van der Waals surface area contributed by atoms with E-state index in [9.17, 15) is 0 Å². The highest BCUT2D eigenvalue weighted by molar-refractivity contribution is 4.79. The maximum Gasteiger partial charge on any atom is 0.0107 e. The molecule has 0 spiro atoms. The molecule has 1 N–H and O–H groups in total. The van der Waals surface area contributed by atoms with E-state index in [-0.39, 0.29) is 0 Å². The Balaban J connectivity index is 1.57. The standard InChI is InChI=1S/C18H36N2/c1-4-16-7-11-18(12-8-16)20(3)14-13-19-17-9-5-15(2)6-10-17/h15-19H,4-14H2,1-3H3. The summed E-state index contributed by atoms with van der Waals surface area (Å²) < 4.78 is 0.